The summed E-state index contributed by atoms with van der Waals surface area (Å²) in [5, 5.41) is 0. The molecule has 0 atom stereocenters. The third kappa shape index (κ3) is 4.54. The molecule has 2 aromatic carbocycles. The van der Waals surface area contributed by atoms with E-state index in [-0.39, 0.29) is 12.4 Å². The van der Waals surface area contributed by atoms with Crippen LogP contribution in [0, 0.1) is 0 Å². The van der Waals surface area contributed by atoms with Crippen LogP contribution in [0.3, 0.4) is 0 Å². The van der Waals surface area contributed by atoms with Gasteiger partial charge in [0.1, 0.15) is 23.7 Å². The maximum absolute atomic E-state index is 12.4. The van der Waals surface area contributed by atoms with Crippen LogP contribution in [0.15, 0.2) is 41.3 Å². The first-order chi connectivity index (χ1) is 12.0. The molecule has 0 saturated heterocycles. The topological polar surface area (TPSA) is 61.8 Å². The average Bonchev–Trinajstić information content (AvgIpc) is 2.64. The van der Waals surface area contributed by atoms with Gasteiger partial charge in [0, 0.05) is 16.0 Å². The minimum Gasteiger partial charge on any atom is -0.496 e. The number of hydrogen-bond donors (Lipinski definition) is 0. The minimum absolute atomic E-state index is 0.00341. The van der Waals surface area contributed by atoms with E-state index in [1.807, 2.05) is 12.3 Å². The van der Waals surface area contributed by atoms with E-state index in [9.17, 15) is 9.59 Å². The minimum atomic E-state index is -0.500. The van der Waals surface area contributed by atoms with Gasteiger partial charge in [-0.15, -0.1) is 11.8 Å². The Kier molecular flexibility index (Phi) is 6.47. The summed E-state index contributed by atoms with van der Waals surface area (Å²) in [6.45, 7) is 1.48. The molecule has 5 nitrogen and oxygen atoms in total. The van der Waals surface area contributed by atoms with Gasteiger partial charge in [-0.1, -0.05) is 0 Å². The van der Waals surface area contributed by atoms with E-state index in [0.717, 1.165) is 4.90 Å². The van der Waals surface area contributed by atoms with Gasteiger partial charge in [-0.05, 0) is 49.6 Å². The lowest BCUT2D eigenvalue weighted by atomic mass is 10.1. The number of ketones is 1. The van der Waals surface area contributed by atoms with Crippen LogP contribution in [-0.2, 0) is 11.3 Å². The molecule has 0 spiro atoms. The summed E-state index contributed by atoms with van der Waals surface area (Å²) in [7, 11) is 3.04. The first-order valence-corrected chi connectivity index (χ1v) is 8.79. The first kappa shape index (κ1) is 18.9. The smallest absolute Gasteiger partial charge is 0.342 e. The van der Waals surface area contributed by atoms with E-state index in [1.165, 1.54) is 21.1 Å². The van der Waals surface area contributed by atoms with Gasteiger partial charge in [0.15, 0.2) is 5.78 Å². The highest BCUT2D eigenvalue weighted by molar-refractivity contribution is 7.98. The molecule has 2 rings (SSSR count). The lowest BCUT2D eigenvalue weighted by Gasteiger charge is -2.12. The Morgan fingerprint density at radius 3 is 2.32 bits per heavy atom. The van der Waals surface area contributed by atoms with Crippen LogP contribution < -0.4 is 9.47 Å². The van der Waals surface area contributed by atoms with Crippen molar-refractivity contribution in [3.63, 3.8) is 0 Å². The molecule has 132 valence electrons. The van der Waals surface area contributed by atoms with E-state index in [4.69, 9.17) is 14.2 Å². The number of ether oxygens (including phenoxy) is 3. The highest BCUT2D eigenvalue weighted by atomic mass is 32.2. The largest absolute Gasteiger partial charge is 0.496 e. The van der Waals surface area contributed by atoms with Gasteiger partial charge in [0.2, 0.25) is 0 Å². The van der Waals surface area contributed by atoms with Crippen molar-refractivity contribution < 1.29 is 23.8 Å². The zero-order chi connectivity index (χ0) is 18.4. The summed E-state index contributed by atoms with van der Waals surface area (Å²) in [5.74, 6) is 0.452. The monoisotopic (exact) mass is 360 g/mol. The zero-order valence-corrected chi connectivity index (χ0v) is 15.4. The Labute approximate surface area is 151 Å². The van der Waals surface area contributed by atoms with Crippen LogP contribution in [0.25, 0.3) is 0 Å². The number of Topliss-reactive ketones (excluding diaryl/α,β-unsaturated/α-hetero) is 1. The Morgan fingerprint density at radius 1 is 1.00 bits per heavy atom. The molecule has 0 fully saturated rings. The zero-order valence-electron chi connectivity index (χ0n) is 14.6. The van der Waals surface area contributed by atoms with Gasteiger partial charge in [0.25, 0.3) is 0 Å². The van der Waals surface area contributed by atoms with Gasteiger partial charge in [0.05, 0.1) is 14.2 Å². The number of methoxy groups -OCH3 is 2. The van der Waals surface area contributed by atoms with Crippen LogP contribution in [0.5, 0.6) is 11.5 Å². The predicted molar refractivity (Wildman–Crippen MR) is 96.9 cm³/mol. The normalized spacial score (nSPS) is 10.2. The molecule has 2 aromatic rings. The Balaban J connectivity index is 2.20. The summed E-state index contributed by atoms with van der Waals surface area (Å²) in [6.07, 6.45) is 1.95. The Hall–Kier alpha value is -2.47. The Morgan fingerprint density at radius 2 is 1.72 bits per heavy atom. The second-order valence-electron chi connectivity index (χ2n) is 5.23. The molecule has 0 saturated carbocycles. The first-order valence-electron chi connectivity index (χ1n) is 7.57. The molecular formula is C19H20O5S. The lowest BCUT2D eigenvalue weighted by Crippen LogP contribution is -2.08. The van der Waals surface area contributed by atoms with Crippen LogP contribution in [0.2, 0.25) is 0 Å². The van der Waals surface area contributed by atoms with E-state index < -0.39 is 5.97 Å². The van der Waals surface area contributed by atoms with Gasteiger partial charge < -0.3 is 14.2 Å². The van der Waals surface area contributed by atoms with E-state index >= 15 is 0 Å². The second kappa shape index (κ2) is 8.58. The van der Waals surface area contributed by atoms with E-state index in [1.54, 1.807) is 42.1 Å². The fourth-order valence-electron chi connectivity index (χ4n) is 2.30. The molecule has 0 radical (unpaired) electrons. The molecule has 0 amide bonds. The molecule has 0 heterocycles. The third-order valence-electron chi connectivity index (χ3n) is 3.67. The molecule has 6 heteroatoms. The summed E-state index contributed by atoms with van der Waals surface area (Å²) in [6, 6.07) is 10.3. The molecule has 0 N–H and O–H groups in total. The standard InChI is InChI=1S/C19H20O5S/c1-12(20)13-5-8-17(22-2)14(9-13)11-24-19(21)16-7-6-15(25-4)10-18(16)23-3/h5-10H,11H2,1-4H3. The van der Waals surface area contributed by atoms with E-state index in [2.05, 4.69) is 0 Å². The van der Waals surface area contributed by atoms with Gasteiger partial charge in [-0.2, -0.15) is 0 Å². The maximum Gasteiger partial charge on any atom is 0.342 e. The van der Waals surface area contributed by atoms with Crippen molar-refractivity contribution in [1.29, 1.82) is 0 Å². The van der Waals surface area contributed by atoms with Gasteiger partial charge in [-0.25, -0.2) is 4.79 Å². The highest BCUT2D eigenvalue weighted by Crippen LogP contribution is 2.27. The third-order valence-corrected chi connectivity index (χ3v) is 4.40. The van der Waals surface area contributed by atoms with Gasteiger partial charge in [-0.3, -0.25) is 4.79 Å². The van der Waals surface area contributed by atoms with Crippen LogP contribution in [-0.4, -0.2) is 32.2 Å². The molecule has 0 unspecified atom stereocenters. The van der Waals surface area contributed by atoms with E-state index in [0.29, 0.717) is 28.2 Å². The summed E-state index contributed by atoms with van der Waals surface area (Å²) < 4.78 is 15.9. The number of esters is 1. The number of carbonyl (C=O) groups excluding carboxylic acids is 2. The number of benzene rings is 2. The molecule has 0 aliphatic rings. The van der Waals surface area contributed by atoms with Crippen molar-refractivity contribution >= 4 is 23.5 Å². The lowest BCUT2D eigenvalue weighted by molar-refractivity contribution is 0.0466. The maximum atomic E-state index is 12.4. The summed E-state index contributed by atoms with van der Waals surface area (Å²) in [4.78, 5) is 24.9. The quantitative estimate of drug-likeness (QED) is 0.423. The summed E-state index contributed by atoms with van der Waals surface area (Å²) in [5.41, 5.74) is 1.51. The van der Waals surface area contributed by atoms with Crippen LogP contribution in [0.1, 0.15) is 33.2 Å². The van der Waals surface area contributed by atoms with Crippen molar-refractivity contribution in [2.24, 2.45) is 0 Å². The van der Waals surface area contributed by atoms with Crippen molar-refractivity contribution in [3.8, 4) is 11.5 Å². The number of carbonyl (C=O) groups is 2. The fourth-order valence-corrected chi connectivity index (χ4v) is 2.73. The molecular weight excluding hydrogens is 340 g/mol. The average molecular weight is 360 g/mol. The molecule has 25 heavy (non-hydrogen) atoms. The molecule has 0 aromatic heterocycles. The Bertz CT molecular complexity index is 785. The highest BCUT2D eigenvalue weighted by Gasteiger charge is 2.16. The number of hydrogen-bond acceptors (Lipinski definition) is 6. The van der Waals surface area contributed by atoms with Crippen molar-refractivity contribution in [2.45, 2.75) is 18.4 Å². The van der Waals surface area contributed by atoms with Crippen molar-refractivity contribution in [3.05, 3.63) is 53.1 Å². The van der Waals surface area contributed by atoms with Gasteiger partial charge >= 0.3 is 5.97 Å². The molecule has 0 bridgehead atoms. The SMILES string of the molecule is COc1ccc(C(C)=O)cc1COC(=O)c1ccc(SC)cc1OC. The molecule has 0 aliphatic carbocycles. The van der Waals surface area contributed by atoms with Crippen LogP contribution in [0.4, 0.5) is 0 Å². The number of rotatable bonds is 7. The number of thioether (sulfide) groups is 1. The van der Waals surface area contributed by atoms with Crippen LogP contribution >= 0.6 is 11.8 Å². The predicted octanol–water partition coefficient (Wildman–Crippen LogP) is 3.99. The fraction of sp³-hybridized carbons (Fsp3) is 0.263. The van der Waals surface area contributed by atoms with Crippen molar-refractivity contribution in [1.82, 2.24) is 0 Å². The molecule has 0 aliphatic heterocycles. The van der Waals surface area contributed by atoms with Crippen molar-refractivity contribution in [2.75, 3.05) is 20.5 Å². The summed E-state index contributed by atoms with van der Waals surface area (Å²) >= 11 is 1.56. The second-order valence-corrected chi connectivity index (χ2v) is 6.10.